The molecule has 2 heterocycles. The van der Waals surface area contributed by atoms with Gasteiger partial charge in [-0.15, -0.1) is 0 Å². The van der Waals surface area contributed by atoms with Gasteiger partial charge in [-0.3, -0.25) is 4.79 Å². The van der Waals surface area contributed by atoms with Crippen LogP contribution in [0.2, 0.25) is 0 Å². The molecule has 0 amide bonds. The molecule has 1 N–H and O–H groups in total. The number of ketones is 1. The number of nitrogens with one attached hydrogen (secondary N) is 1. The molecule has 2 bridgehead atoms. The van der Waals surface area contributed by atoms with Gasteiger partial charge < -0.3 is 5.32 Å². The number of benzene rings is 1. The normalized spacial score (nSPS) is 32.4. The Balaban J connectivity index is 1.51. The molecule has 3 nitrogen and oxygen atoms in total. The maximum absolute atomic E-state index is 12.7. The van der Waals surface area contributed by atoms with Gasteiger partial charge in [0, 0.05) is 23.6 Å². The van der Waals surface area contributed by atoms with Crippen LogP contribution in [-0.2, 0) is 5.41 Å². The van der Waals surface area contributed by atoms with E-state index in [1.165, 1.54) is 12.8 Å². The second kappa shape index (κ2) is 4.68. The summed E-state index contributed by atoms with van der Waals surface area (Å²) in [6.07, 6.45) is 6.32. The Labute approximate surface area is 125 Å². The molecule has 1 aromatic carbocycles. The summed E-state index contributed by atoms with van der Waals surface area (Å²) in [5, 5.41) is 12.8. The van der Waals surface area contributed by atoms with E-state index in [-0.39, 0.29) is 11.3 Å². The van der Waals surface area contributed by atoms with E-state index in [9.17, 15) is 10.1 Å². The number of carbonyl (C=O) groups excluding carboxylic acids is 1. The van der Waals surface area contributed by atoms with Crippen LogP contribution < -0.4 is 5.32 Å². The van der Waals surface area contributed by atoms with Crippen molar-refractivity contribution in [2.45, 2.75) is 56.0 Å². The van der Waals surface area contributed by atoms with Crippen molar-refractivity contribution in [2.75, 3.05) is 0 Å². The fourth-order valence-corrected chi connectivity index (χ4v) is 4.05. The molecule has 1 aliphatic carbocycles. The molecule has 3 fully saturated rings. The lowest BCUT2D eigenvalue weighted by molar-refractivity contribution is 0.0875. The van der Waals surface area contributed by atoms with E-state index in [0.717, 1.165) is 36.8 Å². The Bertz CT molecular complexity index is 597. The third-order valence-corrected chi connectivity index (χ3v) is 5.53. The molecule has 2 atom stereocenters. The molecular weight excluding hydrogens is 260 g/mol. The van der Waals surface area contributed by atoms with Crippen molar-refractivity contribution in [2.24, 2.45) is 5.92 Å². The third kappa shape index (κ3) is 2.18. The molecule has 108 valence electrons. The van der Waals surface area contributed by atoms with Crippen LogP contribution >= 0.6 is 0 Å². The molecule has 0 radical (unpaired) electrons. The first-order valence-corrected chi connectivity index (χ1v) is 8.02. The van der Waals surface area contributed by atoms with Gasteiger partial charge in [0.1, 0.15) is 0 Å². The Kier molecular flexibility index (Phi) is 2.90. The van der Waals surface area contributed by atoms with Gasteiger partial charge >= 0.3 is 0 Å². The molecule has 21 heavy (non-hydrogen) atoms. The van der Waals surface area contributed by atoms with Crippen molar-refractivity contribution >= 4 is 5.78 Å². The van der Waals surface area contributed by atoms with Gasteiger partial charge in [0.25, 0.3) is 0 Å². The number of hydrogen-bond acceptors (Lipinski definition) is 3. The van der Waals surface area contributed by atoms with Gasteiger partial charge in [-0.05, 0) is 44.1 Å². The van der Waals surface area contributed by atoms with Gasteiger partial charge in [0.2, 0.25) is 0 Å². The Morgan fingerprint density at radius 3 is 2.29 bits per heavy atom. The minimum Gasteiger partial charge on any atom is -0.311 e. The summed E-state index contributed by atoms with van der Waals surface area (Å²) in [7, 11) is 0. The molecule has 2 aliphatic heterocycles. The molecule has 3 heteroatoms. The lowest BCUT2D eigenvalue weighted by Gasteiger charge is -2.28. The van der Waals surface area contributed by atoms with Crippen molar-refractivity contribution in [3.63, 3.8) is 0 Å². The summed E-state index contributed by atoms with van der Waals surface area (Å²) >= 11 is 0. The molecule has 2 saturated heterocycles. The number of piperidine rings is 1. The number of fused-ring (bicyclic) bond motifs is 2. The molecular formula is C18H20N2O. The Hall–Kier alpha value is -1.66. The summed E-state index contributed by atoms with van der Waals surface area (Å²) < 4.78 is 0. The van der Waals surface area contributed by atoms with Crippen LogP contribution in [0.4, 0.5) is 0 Å². The highest BCUT2D eigenvalue weighted by molar-refractivity contribution is 5.98. The van der Waals surface area contributed by atoms with Crippen molar-refractivity contribution in [3.05, 3.63) is 35.4 Å². The maximum Gasteiger partial charge on any atom is 0.166 e. The summed E-state index contributed by atoms with van der Waals surface area (Å²) in [5.41, 5.74) is 1.64. The van der Waals surface area contributed by atoms with Gasteiger partial charge in [0.15, 0.2) is 5.78 Å². The van der Waals surface area contributed by atoms with E-state index >= 15 is 0 Å². The fraction of sp³-hybridized carbons (Fsp3) is 0.556. The highest BCUT2D eigenvalue weighted by Crippen LogP contribution is 2.47. The van der Waals surface area contributed by atoms with E-state index in [1.54, 1.807) is 0 Å². The van der Waals surface area contributed by atoms with E-state index < -0.39 is 0 Å². The van der Waals surface area contributed by atoms with Gasteiger partial charge in [-0.25, -0.2) is 0 Å². The van der Waals surface area contributed by atoms with Gasteiger partial charge in [-0.1, -0.05) is 24.3 Å². The minimum atomic E-state index is -0.255. The molecule has 0 spiro atoms. The number of carbonyl (C=O) groups is 1. The number of Topliss-reactive ketones (excluding diaryl/α,β-unsaturated/α-hetero) is 1. The quantitative estimate of drug-likeness (QED) is 0.866. The van der Waals surface area contributed by atoms with Gasteiger partial charge in [0.05, 0.1) is 11.5 Å². The first-order valence-electron chi connectivity index (χ1n) is 8.02. The number of hydrogen-bond donors (Lipinski definition) is 1. The smallest absolute Gasteiger partial charge is 0.166 e. The van der Waals surface area contributed by atoms with Crippen LogP contribution in [0.3, 0.4) is 0 Å². The number of nitriles is 1. The average molecular weight is 280 g/mol. The molecule has 3 aliphatic rings. The molecule has 1 saturated carbocycles. The third-order valence-electron chi connectivity index (χ3n) is 5.53. The lowest BCUT2D eigenvalue weighted by Crippen LogP contribution is -2.40. The minimum absolute atomic E-state index is 0.181. The molecule has 1 aromatic rings. The van der Waals surface area contributed by atoms with Crippen LogP contribution in [-0.4, -0.2) is 17.9 Å². The number of rotatable bonds is 3. The predicted molar refractivity (Wildman–Crippen MR) is 80.0 cm³/mol. The standard InChI is InChI=1S/C18H20N2O/c19-11-18(7-8-18)14-3-1-12(2-4-14)17(21)13-9-15-5-6-16(10-13)20-15/h1-4,13,15-16,20H,5-10H2. The number of nitrogens with zero attached hydrogens (tertiary/aromatic N) is 1. The Morgan fingerprint density at radius 2 is 1.76 bits per heavy atom. The van der Waals surface area contributed by atoms with Crippen LogP contribution in [0.5, 0.6) is 0 Å². The average Bonchev–Trinajstić information content (AvgIpc) is 3.27. The SMILES string of the molecule is N#CC1(c2ccc(C(=O)C3CC4CCC(C3)N4)cc2)CC1. The molecule has 0 aromatic heterocycles. The van der Waals surface area contributed by atoms with Crippen LogP contribution in [0.25, 0.3) is 0 Å². The summed E-state index contributed by atoms with van der Waals surface area (Å²) in [4.78, 5) is 12.7. The van der Waals surface area contributed by atoms with Crippen molar-refractivity contribution in [1.29, 1.82) is 5.26 Å². The molecule has 2 unspecified atom stereocenters. The first kappa shape index (κ1) is 13.0. The van der Waals surface area contributed by atoms with Crippen molar-refractivity contribution in [3.8, 4) is 6.07 Å². The molecule has 4 rings (SSSR count). The first-order chi connectivity index (χ1) is 10.2. The summed E-state index contributed by atoms with van der Waals surface area (Å²) in [6.45, 7) is 0. The second-order valence-corrected chi connectivity index (χ2v) is 6.94. The topological polar surface area (TPSA) is 52.9 Å². The van der Waals surface area contributed by atoms with E-state index in [1.807, 2.05) is 24.3 Å². The van der Waals surface area contributed by atoms with E-state index in [0.29, 0.717) is 17.9 Å². The van der Waals surface area contributed by atoms with Crippen LogP contribution in [0.15, 0.2) is 24.3 Å². The monoisotopic (exact) mass is 280 g/mol. The van der Waals surface area contributed by atoms with E-state index in [2.05, 4.69) is 11.4 Å². The maximum atomic E-state index is 12.7. The summed E-state index contributed by atoms with van der Waals surface area (Å²) in [6, 6.07) is 11.3. The fourth-order valence-electron chi connectivity index (χ4n) is 4.05. The second-order valence-electron chi connectivity index (χ2n) is 6.94. The zero-order valence-electron chi connectivity index (χ0n) is 12.1. The van der Waals surface area contributed by atoms with Crippen LogP contribution in [0.1, 0.15) is 54.4 Å². The highest BCUT2D eigenvalue weighted by atomic mass is 16.1. The highest BCUT2D eigenvalue weighted by Gasteiger charge is 2.45. The summed E-state index contributed by atoms with van der Waals surface area (Å²) in [5.74, 6) is 0.474. The predicted octanol–water partition coefficient (Wildman–Crippen LogP) is 2.96. The van der Waals surface area contributed by atoms with E-state index in [4.69, 9.17) is 0 Å². The zero-order valence-corrected chi connectivity index (χ0v) is 12.1. The van der Waals surface area contributed by atoms with Gasteiger partial charge in [-0.2, -0.15) is 5.26 Å². The van der Waals surface area contributed by atoms with Crippen LogP contribution in [0, 0.1) is 17.2 Å². The lowest BCUT2D eigenvalue weighted by atomic mass is 9.85. The Morgan fingerprint density at radius 1 is 1.14 bits per heavy atom. The van der Waals surface area contributed by atoms with Crippen molar-refractivity contribution in [1.82, 2.24) is 5.32 Å². The zero-order chi connectivity index (χ0) is 14.4. The van der Waals surface area contributed by atoms with Crippen molar-refractivity contribution < 1.29 is 4.79 Å². The largest absolute Gasteiger partial charge is 0.311 e.